The molecule has 0 saturated heterocycles. The Balaban J connectivity index is 1.55. The van der Waals surface area contributed by atoms with Gasteiger partial charge in [-0.15, -0.1) is 11.3 Å². The molecular weight excluding hydrogens is 322 g/mol. The first-order chi connectivity index (χ1) is 11.7. The van der Waals surface area contributed by atoms with Crippen molar-refractivity contribution in [3.05, 3.63) is 65.4 Å². The van der Waals surface area contributed by atoms with Crippen LogP contribution in [0.15, 0.2) is 54.2 Å². The van der Waals surface area contributed by atoms with E-state index in [0.29, 0.717) is 11.1 Å². The van der Waals surface area contributed by atoms with E-state index in [4.69, 9.17) is 0 Å². The first-order valence-corrected chi connectivity index (χ1v) is 8.41. The third-order valence-electron chi connectivity index (χ3n) is 3.35. The van der Waals surface area contributed by atoms with Crippen LogP contribution in [0.3, 0.4) is 0 Å². The Labute approximate surface area is 144 Å². The van der Waals surface area contributed by atoms with Crippen molar-refractivity contribution in [2.45, 2.75) is 19.4 Å². The predicted octanol–water partition coefficient (Wildman–Crippen LogP) is 3.10. The molecule has 0 aliphatic carbocycles. The standard InChI is InChI=1S/C17H17N5OS/c1-12(13-6-3-2-4-7-13)20-15(23)10-14-11-24-17(21-14)22-16-18-8-5-9-19-16/h2-9,11-12H,10H2,1H3,(H,20,23)(H,18,19,21,22)/t12-/m0/s1. The van der Waals surface area contributed by atoms with Gasteiger partial charge in [-0.3, -0.25) is 4.79 Å². The number of hydrogen-bond donors (Lipinski definition) is 2. The van der Waals surface area contributed by atoms with Gasteiger partial charge in [0.2, 0.25) is 11.9 Å². The summed E-state index contributed by atoms with van der Waals surface area (Å²) in [5.74, 6) is 0.430. The monoisotopic (exact) mass is 339 g/mol. The molecule has 3 aromatic rings. The van der Waals surface area contributed by atoms with Crippen molar-refractivity contribution in [3.8, 4) is 0 Å². The normalized spacial score (nSPS) is 11.7. The van der Waals surface area contributed by atoms with Crippen LogP contribution in [0.2, 0.25) is 0 Å². The van der Waals surface area contributed by atoms with Gasteiger partial charge in [-0.2, -0.15) is 0 Å². The summed E-state index contributed by atoms with van der Waals surface area (Å²) in [6, 6.07) is 11.6. The van der Waals surface area contributed by atoms with E-state index in [1.54, 1.807) is 18.5 Å². The zero-order chi connectivity index (χ0) is 16.8. The molecule has 0 bridgehead atoms. The zero-order valence-corrected chi connectivity index (χ0v) is 14.0. The number of nitrogens with zero attached hydrogens (tertiary/aromatic N) is 3. The minimum Gasteiger partial charge on any atom is -0.349 e. The summed E-state index contributed by atoms with van der Waals surface area (Å²) in [5, 5.41) is 8.53. The lowest BCUT2D eigenvalue weighted by molar-refractivity contribution is -0.121. The molecule has 2 heterocycles. The molecule has 6 nitrogen and oxygen atoms in total. The van der Waals surface area contributed by atoms with Gasteiger partial charge in [0, 0.05) is 17.8 Å². The second-order valence-corrected chi connectivity index (χ2v) is 6.08. The van der Waals surface area contributed by atoms with Crippen molar-refractivity contribution < 1.29 is 4.79 Å². The maximum atomic E-state index is 12.2. The highest BCUT2D eigenvalue weighted by Crippen LogP contribution is 2.19. The summed E-state index contributed by atoms with van der Waals surface area (Å²) < 4.78 is 0. The van der Waals surface area contributed by atoms with E-state index in [9.17, 15) is 4.79 Å². The van der Waals surface area contributed by atoms with Gasteiger partial charge in [-0.1, -0.05) is 30.3 Å². The summed E-state index contributed by atoms with van der Waals surface area (Å²) in [6.45, 7) is 1.97. The van der Waals surface area contributed by atoms with Crippen molar-refractivity contribution in [2.75, 3.05) is 5.32 Å². The lowest BCUT2D eigenvalue weighted by atomic mass is 10.1. The number of nitrogens with one attached hydrogen (secondary N) is 2. The number of anilines is 2. The van der Waals surface area contributed by atoms with E-state index in [-0.39, 0.29) is 18.4 Å². The van der Waals surface area contributed by atoms with Crippen LogP contribution in [0, 0.1) is 0 Å². The number of thiazole rings is 1. The molecule has 24 heavy (non-hydrogen) atoms. The second kappa shape index (κ2) is 7.65. The van der Waals surface area contributed by atoms with Crippen molar-refractivity contribution in [2.24, 2.45) is 0 Å². The van der Waals surface area contributed by atoms with E-state index < -0.39 is 0 Å². The molecule has 7 heteroatoms. The van der Waals surface area contributed by atoms with Crippen LogP contribution in [0.1, 0.15) is 24.2 Å². The van der Waals surface area contributed by atoms with E-state index in [0.717, 1.165) is 11.3 Å². The Hall–Kier alpha value is -2.80. The van der Waals surface area contributed by atoms with Crippen molar-refractivity contribution in [1.82, 2.24) is 20.3 Å². The highest BCUT2D eigenvalue weighted by molar-refractivity contribution is 7.13. The zero-order valence-electron chi connectivity index (χ0n) is 13.1. The summed E-state index contributed by atoms with van der Waals surface area (Å²) in [6.07, 6.45) is 3.55. The molecule has 122 valence electrons. The maximum Gasteiger partial charge on any atom is 0.228 e. The summed E-state index contributed by atoms with van der Waals surface area (Å²) in [5.41, 5.74) is 1.80. The van der Waals surface area contributed by atoms with Gasteiger partial charge in [0.1, 0.15) is 0 Å². The third-order valence-corrected chi connectivity index (χ3v) is 4.16. The molecule has 0 aliphatic heterocycles. The van der Waals surface area contributed by atoms with E-state index in [1.807, 2.05) is 42.6 Å². The van der Waals surface area contributed by atoms with Gasteiger partial charge >= 0.3 is 0 Å². The molecule has 0 aliphatic rings. The van der Waals surface area contributed by atoms with E-state index >= 15 is 0 Å². The first kappa shape index (κ1) is 16.1. The number of amides is 1. The molecule has 1 aromatic carbocycles. The fourth-order valence-corrected chi connectivity index (χ4v) is 2.89. The van der Waals surface area contributed by atoms with Gasteiger partial charge in [0.25, 0.3) is 0 Å². The van der Waals surface area contributed by atoms with Gasteiger partial charge < -0.3 is 10.6 Å². The van der Waals surface area contributed by atoms with Gasteiger partial charge in [0.15, 0.2) is 5.13 Å². The maximum absolute atomic E-state index is 12.2. The number of rotatable bonds is 6. The Morgan fingerprint density at radius 2 is 1.92 bits per heavy atom. The predicted molar refractivity (Wildman–Crippen MR) is 94.1 cm³/mol. The van der Waals surface area contributed by atoms with Crippen LogP contribution in [0.4, 0.5) is 11.1 Å². The Kier molecular flexibility index (Phi) is 5.12. The molecule has 1 amide bonds. The second-order valence-electron chi connectivity index (χ2n) is 5.22. The molecule has 0 unspecified atom stereocenters. The molecule has 0 spiro atoms. The van der Waals surface area contributed by atoms with Crippen LogP contribution in [0.5, 0.6) is 0 Å². The van der Waals surface area contributed by atoms with Crippen LogP contribution in [-0.4, -0.2) is 20.9 Å². The average molecular weight is 339 g/mol. The molecule has 2 N–H and O–H groups in total. The average Bonchev–Trinajstić information content (AvgIpc) is 3.03. The third kappa shape index (κ3) is 4.36. The van der Waals surface area contributed by atoms with Crippen LogP contribution in [0.25, 0.3) is 0 Å². The topological polar surface area (TPSA) is 79.8 Å². The SMILES string of the molecule is C[C@H](NC(=O)Cc1csc(Nc2ncccn2)n1)c1ccccc1. The first-order valence-electron chi connectivity index (χ1n) is 7.53. The number of benzene rings is 1. The van der Waals surface area contributed by atoms with Crippen molar-refractivity contribution in [3.63, 3.8) is 0 Å². The van der Waals surface area contributed by atoms with Crippen LogP contribution < -0.4 is 10.6 Å². The smallest absolute Gasteiger partial charge is 0.228 e. The lowest BCUT2D eigenvalue weighted by Gasteiger charge is -2.13. The van der Waals surface area contributed by atoms with Crippen molar-refractivity contribution in [1.29, 1.82) is 0 Å². The molecular formula is C17H17N5OS. The minimum absolute atomic E-state index is 0.0346. The fourth-order valence-electron chi connectivity index (χ4n) is 2.19. The van der Waals surface area contributed by atoms with E-state index in [2.05, 4.69) is 25.6 Å². The Bertz CT molecular complexity index is 791. The molecule has 0 saturated carbocycles. The molecule has 3 rings (SSSR count). The van der Waals surface area contributed by atoms with E-state index in [1.165, 1.54) is 11.3 Å². The molecule has 0 fully saturated rings. The number of aromatic nitrogens is 3. The van der Waals surface area contributed by atoms with Crippen LogP contribution in [-0.2, 0) is 11.2 Å². The molecule has 2 aromatic heterocycles. The molecule has 0 radical (unpaired) electrons. The molecule has 1 atom stereocenters. The summed E-state index contributed by atoms with van der Waals surface area (Å²) >= 11 is 1.42. The summed E-state index contributed by atoms with van der Waals surface area (Å²) in [4.78, 5) is 24.7. The fraction of sp³-hybridized carbons (Fsp3) is 0.176. The largest absolute Gasteiger partial charge is 0.349 e. The Morgan fingerprint density at radius 3 is 2.67 bits per heavy atom. The number of carbonyl (C=O) groups excluding carboxylic acids is 1. The number of carbonyl (C=O) groups is 1. The number of hydrogen-bond acceptors (Lipinski definition) is 6. The minimum atomic E-state index is -0.0563. The van der Waals surface area contributed by atoms with Crippen molar-refractivity contribution >= 4 is 28.3 Å². The van der Waals surface area contributed by atoms with Gasteiger partial charge in [-0.25, -0.2) is 15.0 Å². The summed E-state index contributed by atoms with van der Waals surface area (Å²) in [7, 11) is 0. The quantitative estimate of drug-likeness (QED) is 0.721. The van der Waals surface area contributed by atoms with Crippen LogP contribution >= 0.6 is 11.3 Å². The lowest BCUT2D eigenvalue weighted by Crippen LogP contribution is -2.28. The van der Waals surface area contributed by atoms with Gasteiger partial charge in [0.05, 0.1) is 18.2 Å². The Morgan fingerprint density at radius 1 is 1.17 bits per heavy atom. The highest BCUT2D eigenvalue weighted by Gasteiger charge is 2.12. The van der Waals surface area contributed by atoms with Gasteiger partial charge in [-0.05, 0) is 18.6 Å². The highest BCUT2D eigenvalue weighted by atomic mass is 32.1.